The zero-order valence-corrected chi connectivity index (χ0v) is 8.53. The molecule has 2 rings (SSSR count). The number of ketones is 1. The van der Waals surface area contributed by atoms with Gasteiger partial charge in [-0.3, -0.25) is 9.59 Å². The largest absolute Gasteiger partial charge is 0.468 e. The van der Waals surface area contributed by atoms with Crippen LogP contribution < -0.4 is 0 Å². The van der Waals surface area contributed by atoms with Gasteiger partial charge in [0.05, 0.1) is 7.11 Å². The first-order valence-electron chi connectivity index (χ1n) is 4.94. The van der Waals surface area contributed by atoms with Crippen LogP contribution in [0.25, 0.3) is 0 Å². The highest BCUT2D eigenvalue weighted by Crippen LogP contribution is 2.25. The molecule has 0 N–H and O–H groups in total. The number of methoxy groups -OCH3 is 1. The van der Waals surface area contributed by atoms with Crippen LogP contribution in [0.4, 0.5) is 0 Å². The third kappa shape index (κ3) is 1.65. The molecule has 0 heterocycles. The van der Waals surface area contributed by atoms with Crippen molar-refractivity contribution in [3.05, 3.63) is 35.4 Å². The molecule has 15 heavy (non-hydrogen) atoms. The number of ether oxygens (including phenoxy) is 1. The quantitative estimate of drug-likeness (QED) is 0.515. The van der Waals surface area contributed by atoms with Gasteiger partial charge < -0.3 is 4.74 Å². The van der Waals surface area contributed by atoms with Crippen molar-refractivity contribution >= 4 is 11.8 Å². The minimum absolute atomic E-state index is 0.108. The zero-order valence-electron chi connectivity index (χ0n) is 8.53. The molecule has 0 fully saturated rings. The second-order valence-corrected chi connectivity index (χ2v) is 3.64. The third-order valence-electron chi connectivity index (χ3n) is 2.79. The summed E-state index contributed by atoms with van der Waals surface area (Å²) in [6.07, 6.45) is 1.32. The fourth-order valence-electron chi connectivity index (χ4n) is 1.96. The Hall–Kier alpha value is -1.64. The number of aryl methyl sites for hydroxylation is 1. The van der Waals surface area contributed by atoms with E-state index in [2.05, 4.69) is 4.74 Å². The summed E-state index contributed by atoms with van der Waals surface area (Å²) in [4.78, 5) is 23.3. The highest BCUT2D eigenvalue weighted by atomic mass is 16.5. The fraction of sp³-hybridized carbons (Fsp3) is 0.333. The lowest BCUT2D eigenvalue weighted by atomic mass is 9.83. The van der Waals surface area contributed by atoms with E-state index in [1.807, 2.05) is 18.2 Å². The summed E-state index contributed by atoms with van der Waals surface area (Å²) in [6.45, 7) is 0. The van der Waals surface area contributed by atoms with E-state index in [1.54, 1.807) is 6.07 Å². The maximum absolute atomic E-state index is 11.9. The molecule has 0 radical (unpaired) electrons. The number of rotatable bonds is 1. The van der Waals surface area contributed by atoms with Crippen LogP contribution in [0.1, 0.15) is 22.3 Å². The molecule has 1 aromatic carbocycles. The molecular weight excluding hydrogens is 192 g/mol. The van der Waals surface area contributed by atoms with Crippen LogP contribution in [-0.2, 0) is 16.0 Å². The van der Waals surface area contributed by atoms with Gasteiger partial charge in [-0.15, -0.1) is 0 Å². The Morgan fingerprint density at radius 3 is 2.87 bits per heavy atom. The van der Waals surface area contributed by atoms with E-state index in [9.17, 15) is 9.59 Å². The van der Waals surface area contributed by atoms with Gasteiger partial charge >= 0.3 is 5.97 Å². The molecule has 0 unspecified atom stereocenters. The molecule has 0 aliphatic heterocycles. The SMILES string of the molecule is COC(=O)[C@H]1CCc2ccccc2C1=O. The molecule has 78 valence electrons. The first-order valence-corrected chi connectivity index (χ1v) is 4.94. The van der Waals surface area contributed by atoms with Crippen LogP contribution in [0, 0.1) is 5.92 Å². The van der Waals surface area contributed by atoms with Gasteiger partial charge in [0.25, 0.3) is 0 Å². The summed E-state index contributed by atoms with van der Waals surface area (Å²) in [5.41, 5.74) is 1.70. The van der Waals surface area contributed by atoms with Crippen LogP contribution >= 0.6 is 0 Å². The van der Waals surface area contributed by atoms with Gasteiger partial charge in [0.2, 0.25) is 0 Å². The van der Waals surface area contributed by atoms with Crippen LogP contribution in [0.5, 0.6) is 0 Å². The second kappa shape index (κ2) is 3.85. The van der Waals surface area contributed by atoms with Crippen molar-refractivity contribution in [1.82, 2.24) is 0 Å². The maximum Gasteiger partial charge on any atom is 0.316 e. The molecule has 1 aromatic rings. The van der Waals surface area contributed by atoms with Gasteiger partial charge in [0, 0.05) is 5.56 Å². The highest BCUT2D eigenvalue weighted by Gasteiger charge is 2.33. The molecule has 1 atom stereocenters. The van der Waals surface area contributed by atoms with E-state index < -0.39 is 11.9 Å². The van der Waals surface area contributed by atoms with Crippen LogP contribution in [0.2, 0.25) is 0 Å². The Kier molecular flexibility index (Phi) is 2.54. The molecule has 0 aromatic heterocycles. The molecule has 1 aliphatic carbocycles. The molecule has 3 nitrogen and oxygen atoms in total. The number of benzene rings is 1. The van der Waals surface area contributed by atoms with Gasteiger partial charge in [0.1, 0.15) is 5.92 Å². The molecule has 0 bridgehead atoms. The first-order chi connectivity index (χ1) is 7.24. The van der Waals surface area contributed by atoms with E-state index >= 15 is 0 Å². The summed E-state index contributed by atoms with van der Waals surface area (Å²) < 4.78 is 4.62. The van der Waals surface area contributed by atoms with E-state index in [0.29, 0.717) is 12.0 Å². The van der Waals surface area contributed by atoms with Crippen LogP contribution in [-0.4, -0.2) is 18.9 Å². The third-order valence-corrected chi connectivity index (χ3v) is 2.79. The Labute approximate surface area is 88.1 Å². The topological polar surface area (TPSA) is 43.4 Å². The Morgan fingerprint density at radius 1 is 1.40 bits per heavy atom. The number of esters is 1. The van der Waals surface area contributed by atoms with Crippen LogP contribution in [0.3, 0.4) is 0 Å². The summed E-state index contributed by atoms with van der Waals surface area (Å²) in [5.74, 6) is -1.14. The average Bonchev–Trinajstić information content (AvgIpc) is 2.29. The highest BCUT2D eigenvalue weighted by molar-refractivity contribution is 6.10. The molecule has 0 spiro atoms. The predicted octanol–water partition coefficient (Wildman–Crippen LogP) is 1.60. The lowest BCUT2D eigenvalue weighted by molar-refractivity contribution is -0.143. The number of carbonyl (C=O) groups is 2. The van der Waals surface area contributed by atoms with Crippen molar-refractivity contribution in [1.29, 1.82) is 0 Å². The zero-order chi connectivity index (χ0) is 10.8. The Bertz CT molecular complexity index is 409. The normalized spacial score (nSPS) is 19.5. The summed E-state index contributed by atoms with van der Waals surface area (Å²) in [7, 11) is 1.32. The van der Waals surface area contributed by atoms with Crippen molar-refractivity contribution in [3.8, 4) is 0 Å². The standard InChI is InChI=1S/C12H12O3/c1-15-12(14)10-7-6-8-4-2-3-5-9(8)11(10)13/h2-5,10H,6-7H2,1H3/t10-/m0/s1. The van der Waals surface area contributed by atoms with Crippen molar-refractivity contribution in [2.24, 2.45) is 5.92 Å². The Morgan fingerprint density at radius 2 is 2.13 bits per heavy atom. The maximum atomic E-state index is 11.9. The second-order valence-electron chi connectivity index (χ2n) is 3.64. The number of Topliss-reactive ketones (excluding diaryl/α,β-unsaturated/α-hetero) is 1. The lowest BCUT2D eigenvalue weighted by Gasteiger charge is -2.20. The van der Waals surface area contributed by atoms with Crippen molar-refractivity contribution < 1.29 is 14.3 Å². The molecule has 0 amide bonds. The first kappa shape index (κ1) is 9.90. The average molecular weight is 204 g/mol. The molecular formula is C12H12O3. The van der Waals surface area contributed by atoms with E-state index in [0.717, 1.165) is 12.0 Å². The van der Waals surface area contributed by atoms with E-state index in [-0.39, 0.29) is 5.78 Å². The van der Waals surface area contributed by atoms with Crippen molar-refractivity contribution in [2.75, 3.05) is 7.11 Å². The van der Waals surface area contributed by atoms with Gasteiger partial charge in [-0.1, -0.05) is 24.3 Å². The van der Waals surface area contributed by atoms with Crippen molar-refractivity contribution in [2.45, 2.75) is 12.8 Å². The lowest BCUT2D eigenvalue weighted by Crippen LogP contribution is -2.30. The molecule has 0 saturated carbocycles. The summed E-state index contributed by atoms with van der Waals surface area (Å²) in [5, 5.41) is 0. The van der Waals surface area contributed by atoms with Gasteiger partial charge in [0.15, 0.2) is 5.78 Å². The van der Waals surface area contributed by atoms with E-state index in [1.165, 1.54) is 7.11 Å². The van der Waals surface area contributed by atoms with Gasteiger partial charge in [-0.05, 0) is 18.4 Å². The fourth-order valence-corrected chi connectivity index (χ4v) is 1.96. The Balaban J connectivity index is 2.34. The summed E-state index contributed by atoms with van der Waals surface area (Å²) in [6, 6.07) is 7.43. The number of hydrogen-bond donors (Lipinski definition) is 0. The smallest absolute Gasteiger partial charge is 0.316 e. The molecule has 3 heteroatoms. The van der Waals surface area contributed by atoms with E-state index in [4.69, 9.17) is 0 Å². The van der Waals surface area contributed by atoms with Crippen molar-refractivity contribution in [3.63, 3.8) is 0 Å². The molecule has 1 aliphatic rings. The minimum atomic E-state index is -0.607. The monoisotopic (exact) mass is 204 g/mol. The molecule has 0 saturated heterocycles. The predicted molar refractivity (Wildman–Crippen MR) is 54.6 cm³/mol. The van der Waals surface area contributed by atoms with Crippen LogP contribution in [0.15, 0.2) is 24.3 Å². The number of carbonyl (C=O) groups excluding carboxylic acids is 2. The summed E-state index contributed by atoms with van der Waals surface area (Å²) >= 11 is 0. The minimum Gasteiger partial charge on any atom is -0.468 e. The number of fused-ring (bicyclic) bond motifs is 1. The van der Waals surface area contributed by atoms with Gasteiger partial charge in [-0.25, -0.2) is 0 Å². The number of hydrogen-bond acceptors (Lipinski definition) is 3. The van der Waals surface area contributed by atoms with Gasteiger partial charge in [-0.2, -0.15) is 0 Å².